The Labute approximate surface area is 125 Å². The van der Waals surface area contributed by atoms with Gasteiger partial charge in [-0.2, -0.15) is 14.8 Å². The molecule has 0 fully saturated rings. The zero-order valence-electron chi connectivity index (χ0n) is 12.1. The zero-order chi connectivity index (χ0) is 16.0. The molecule has 0 spiro atoms. The summed E-state index contributed by atoms with van der Waals surface area (Å²) in [5.41, 5.74) is 7.29. The fourth-order valence-corrected chi connectivity index (χ4v) is 3.97. The number of benzene rings is 1. The van der Waals surface area contributed by atoms with Crippen LogP contribution in [0.15, 0.2) is 17.0 Å². The van der Waals surface area contributed by atoms with Crippen LogP contribution in [0.4, 0.5) is 5.69 Å². The van der Waals surface area contributed by atoms with Gasteiger partial charge in [-0.3, -0.25) is 0 Å². The van der Waals surface area contributed by atoms with Gasteiger partial charge < -0.3 is 5.73 Å². The van der Waals surface area contributed by atoms with Crippen LogP contribution in [-0.4, -0.2) is 25.8 Å². The van der Waals surface area contributed by atoms with Gasteiger partial charge in [0.25, 0.3) is 0 Å². The molecule has 0 radical (unpaired) electrons. The maximum Gasteiger partial charge on any atom is 0.243 e. The topological polar surface area (TPSA) is 111 Å². The highest BCUT2D eigenvalue weighted by molar-refractivity contribution is 7.89. The third kappa shape index (κ3) is 3.72. The average molecular weight is 306 g/mol. The van der Waals surface area contributed by atoms with Crippen LogP contribution in [0.25, 0.3) is 0 Å². The second-order valence-corrected chi connectivity index (χ2v) is 6.52. The molecule has 21 heavy (non-hydrogen) atoms. The van der Waals surface area contributed by atoms with E-state index in [0.717, 1.165) is 0 Å². The SMILES string of the molecule is Cc1ccc(N)c(C)c1S(=O)(=O)N(CCC#N)CCC#N. The van der Waals surface area contributed by atoms with Crippen LogP contribution in [0.3, 0.4) is 0 Å². The van der Waals surface area contributed by atoms with Gasteiger partial charge in [0, 0.05) is 31.6 Å². The number of hydrogen-bond donors (Lipinski definition) is 1. The van der Waals surface area contributed by atoms with Crippen molar-refractivity contribution < 1.29 is 8.42 Å². The van der Waals surface area contributed by atoms with E-state index >= 15 is 0 Å². The third-order valence-corrected chi connectivity index (χ3v) is 5.38. The van der Waals surface area contributed by atoms with Crippen LogP contribution >= 0.6 is 0 Å². The van der Waals surface area contributed by atoms with Crippen LogP contribution in [0.2, 0.25) is 0 Å². The summed E-state index contributed by atoms with van der Waals surface area (Å²) in [5.74, 6) is 0. The summed E-state index contributed by atoms with van der Waals surface area (Å²) >= 11 is 0. The number of rotatable bonds is 6. The Morgan fingerprint density at radius 2 is 1.67 bits per heavy atom. The van der Waals surface area contributed by atoms with Crippen molar-refractivity contribution in [3.8, 4) is 12.1 Å². The molecule has 0 heterocycles. The Morgan fingerprint density at radius 1 is 1.14 bits per heavy atom. The number of hydrogen-bond acceptors (Lipinski definition) is 5. The van der Waals surface area contributed by atoms with E-state index in [1.807, 2.05) is 12.1 Å². The predicted octanol–water partition coefficient (Wildman–Crippen LogP) is 1.70. The highest BCUT2D eigenvalue weighted by Gasteiger charge is 2.27. The molecule has 0 bridgehead atoms. The summed E-state index contributed by atoms with van der Waals surface area (Å²) in [4.78, 5) is 0.165. The molecule has 0 unspecified atom stereocenters. The summed E-state index contributed by atoms with van der Waals surface area (Å²) in [5, 5.41) is 17.3. The van der Waals surface area contributed by atoms with Gasteiger partial charge in [-0.15, -0.1) is 0 Å². The number of nitriles is 2. The fraction of sp³-hybridized carbons (Fsp3) is 0.429. The van der Waals surface area contributed by atoms with Crippen molar-refractivity contribution in [3.05, 3.63) is 23.3 Å². The van der Waals surface area contributed by atoms with Crippen molar-refractivity contribution in [1.82, 2.24) is 4.31 Å². The first-order valence-electron chi connectivity index (χ1n) is 6.46. The minimum atomic E-state index is -3.78. The number of nitrogens with zero attached hydrogens (tertiary/aromatic N) is 3. The maximum atomic E-state index is 12.8. The minimum Gasteiger partial charge on any atom is -0.398 e. The van der Waals surface area contributed by atoms with E-state index in [0.29, 0.717) is 16.8 Å². The van der Waals surface area contributed by atoms with Crippen molar-refractivity contribution in [2.75, 3.05) is 18.8 Å². The predicted molar refractivity (Wildman–Crippen MR) is 79.5 cm³/mol. The van der Waals surface area contributed by atoms with Gasteiger partial charge in [0.2, 0.25) is 10.0 Å². The van der Waals surface area contributed by atoms with E-state index in [-0.39, 0.29) is 30.8 Å². The normalized spacial score (nSPS) is 11.1. The summed E-state index contributed by atoms with van der Waals surface area (Å²) in [7, 11) is -3.78. The molecule has 1 rings (SSSR count). The van der Waals surface area contributed by atoms with Crippen molar-refractivity contribution >= 4 is 15.7 Å². The summed E-state index contributed by atoms with van der Waals surface area (Å²) in [6.45, 7) is 3.48. The van der Waals surface area contributed by atoms with Crippen molar-refractivity contribution in [1.29, 1.82) is 10.5 Å². The lowest BCUT2D eigenvalue weighted by atomic mass is 10.1. The quantitative estimate of drug-likeness (QED) is 0.804. The average Bonchev–Trinajstić information content (AvgIpc) is 2.43. The molecule has 0 aliphatic rings. The first-order valence-corrected chi connectivity index (χ1v) is 7.90. The highest BCUT2D eigenvalue weighted by Crippen LogP contribution is 2.27. The van der Waals surface area contributed by atoms with Crippen LogP contribution in [0.1, 0.15) is 24.0 Å². The van der Waals surface area contributed by atoms with Gasteiger partial charge in [-0.05, 0) is 31.0 Å². The molecule has 1 aromatic carbocycles. The molecule has 7 heteroatoms. The fourth-order valence-electron chi connectivity index (χ4n) is 2.07. The van der Waals surface area contributed by atoms with Crippen LogP contribution in [0, 0.1) is 36.5 Å². The Kier molecular flexibility index (Phi) is 5.71. The number of sulfonamides is 1. The first-order chi connectivity index (χ1) is 9.86. The lowest BCUT2D eigenvalue weighted by Gasteiger charge is -2.23. The summed E-state index contributed by atoms with van der Waals surface area (Å²) in [6, 6.07) is 7.17. The zero-order valence-corrected chi connectivity index (χ0v) is 12.9. The van der Waals surface area contributed by atoms with E-state index in [2.05, 4.69) is 0 Å². The monoisotopic (exact) mass is 306 g/mol. The highest BCUT2D eigenvalue weighted by atomic mass is 32.2. The van der Waals surface area contributed by atoms with Crippen molar-refractivity contribution in [2.24, 2.45) is 0 Å². The second kappa shape index (κ2) is 7.07. The Hall–Kier alpha value is -2.09. The summed E-state index contributed by atoms with van der Waals surface area (Å²) in [6.07, 6.45) is 0.149. The molecule has 6 nitrogen and oxygen atoms in total. The van der Waals surface area contributed by atoms with Crippen molar-refractivity contribution in [3.63, 3.8) is 0 Å². The first kappa shape index (κ1) is 17.0. The smallest absolute Gasteiger partial charge is 0.243 e. The second-order valence-electron chi connectivity index (χ2n) is 4.65. The van der Waals surface area contributed by atoms with Crippen molar-refractivity contribution in [2.45, 2.75) is 31.6 Å². The van der Waals surface area contributed by atoms with E-state index in [1.54, 1.807) is 26.0 Å². The molecule has 112 valence electrons. The van der Waals surface area contributed by atoms with Gasteiger partial charge in [-0.1, -0.05) is 6.07 Å². The molecular formula is C14H18N4O2S. The van der Waals surface area contributed by atoms with Gasteiger partial charge in [0.1, 0.15) is 0 Å². The van der Waals surface area contributed by atoms with Crippen LogP contribution in [0.5, 0.6) is 0 Å². The maximum absolute atomic E-state index is 12.8. The molecule has 0 amide bonds. The lowest BCUT2D eigenvalue weighted by Crippen LogP contribution is -2.33. The van der Waals surface area contributed by atoms with Gasteiger partial charge in [0.15, 0.2) is 0 Å². The van der Waals surface area contributed by atoms with Gasteiger partial charge in [0.05, 0.1) is 17.0 Å². The molecule has 0 aromatic heterocycles. The van der Waals surface area contributed by atoms with Crippen LogP contribution in [-0.2, 0) is 10.0 Å². The number of nitrogen functional groups attached to an aromatic ring is 1. The molecule has 0 aliphatic carbocycles. The van der Waals surface area contributed by atoms with E-state index in [1.165, 1.54) is 4.31 Å². The molecular weight excluding hydrogens is 288 g/mol. The van der Waals surface area contributed by atoms with E-state index in [4.69, 9.17) is 16.3 Å². The number of nitrogens with two attached hydrogens (primary N) is 1. The number of anilines is 1. The Bertz CT molecular complexity index is 681. The largest absolute Gasteiger partial charge is 0.398 e. The number of aryl methyl sites for hydroxylation is 1. The Balaban J connectivity index is 3.33. The van der Waals surface area contributed by atoms with Gasteiger partial charge in [-0.25, -0.2) is 8.42 Å². The Morgan fingerprint density at radius 3 is 2.14 bits per heavy atom. The summed E-state index contributed by atoms with van der Waals surface area (Å²) < 4.78 is 26.8. The molecule has 0 aliphatic heterocycles. The molecule has 2 N–H and O–H groups in total. The minimum absolute atomic E-state index is 0.0637. The standard InChI is InChI=1S/C14H18N4O2S/c1-11-5-6-13(17)12(2)14(11)21(19,20)18(9-3-7-15)10-4-8-16/h5-6H,3-4,9-10,17H2,1-2H3. The molecule has 0 saturated carbocycles. The molecule has 0 atom stereocenters. The van der Waals surface area contributed by atoms with E-state index < -0.39 is 10.0 Å². The molecule has 0 saturated heterocycles. The lowest BCUT2D eigenvalue weighted by molar-refractivity contribution is 0.424. The van der Waals surface area contributed by atoms with E-state index in [9.17, 15) is 8.42 Å². The molecule has 1 aromatic rings. The van der Waals surface area contributed by atoms with Gasteiger partial charge >= 0.3 is 0 Å². The third-order valence-electron chi connectivity index (χ3n) is 3.19. The van der Waals surface area contributed by atoms with Crippen LogP contribution < -0.4 is 5.73 Å².